The van der Waals surface area contributed by atoms with Crippen molar-refractivity contribution in [2.45, 2.75) is 33.1 Å². The van der Waals surface area contributed by atoms with E-state index in [0.29, 0.717) is 0 Å². The summed E-state index contributed by atoms with van der Waals surface area (Å²) in [4.78, 5) is 0. The SMILES string of the molecule is COc1c(C(C)(C)C)cc2[cH-]c(C)cc2c1-c1ccccc1.[Zr]. The largest absolute Gasteiger partial charge is 0.498 e. The van der Waals surface area contributed by atoms with Gasteiger partial charge in [-0.1, -0.05) is 58.0 Å². The van der Waals surface area contributed by atoms with E-state index >= 15 is 0 Å². The second-order valence-corrected chi connectivity index (χ2v) is 6.98. The molecule has 118 valence electrons. The molecule has 0 aliphatic carbocycles. The van der Waals surface area contributed by atoms with Crippen molar-refractivity contribution in [3.63, 3.8) is 0 Å². The zero-order valence-electron chi connectivity index (χ0n) is 14.5. The molecule has 0 saturated carbocycles. The summed E-state index contributed by atoms with van der Waals surface area (Å²) in [6.07, 6.45) is 0. The zero-order valence-corrected chi connectivity index (χ0v) is 17.0. The van der Waals surface area contributed by atoms with Gasteiger partial charge in [0.1, 0.15) is 5.75 Å². The third kappa shape index (κ3) is 3.33. The molecule has 0 aliphatic heterocycles. The van der Waals surface area contributed by atoms with E-state index in [2.05, 4.69) is 76.2 Å². The molecular formula is C21H23OZr-. The van der Waals surface area contributed by atoms with Crippen LogP contribution in [0.15, 0.2) is 48.5 Å². The quantitative estimate of drug-likeness (QED) is 0.506. The van der Waals surface area contributed by atoms with Gasteiger partial charge in [0.2, 0.25) is 0 Å². The predicted octanol–water partition coefficient (Wildman–Crippen LogP) is 5.84. The van der Waals surface area contributed by atoms with Crippen molar-refractivity contribution in [1.82, 2.24) is 0 Å². The zero-order chi connectivity index (χ0) is 15.9. The van der Waals surface area contributed by atoms with E-state index < -0.39 is 0 Å². The molecule has 0 unspecified atom stereocenters. The fourth-order valence-electron chi connectivity index (χ4n) is 3.15. The Kier molecular flexibility index (Phi) is 5.26. The average Bonchev–Trinajstić information content (AvgIpc) is 2.85. The van der Waals surface area contributed by atoms with Crippen LogP contribution in [0.5, 0.6) is 5.75 Å². The molecule has 2 heteroatoms. The number of hydrogen-bond donors (Lipinski definition) is 0. The Hall–Kier alpha value is -1.27. The van der Waals surface area contributed by atoms with Crippen molar-refractivity contribution in [2.24, 2.45) is 0 Å². The molecule has 3 rings (SSSR count). The van der Waals surface area contributed by atoms with Crippen molar-refractivity contribution in [3.05, 3.63) is 59.7 Å². The predicted molar refractivity (Wildman–Crippen MR) is 95.0 cm³/mol. The molecule has 23 heavy (non-hydrogen) atoms. The molecule has 0 fully saturated rings. The molecule has 0 aliphatic rings. The van der Waals surface area contributed by atoms with Crippen LogP contribution in [0, 0.1) is 6.92 Å². The maximum Gasteiger partial charge on any atom is 0.111 e. The van der Waals surface area contributed by atoms with Gasteiger partial charge in [-0.25, -0.2) is 0 Å². The molecule has 0 bridgehead atoms. The number of ether oxygens (including phenoxy) is 1. The van der Waals surface area contributed by atoms with Crippen molar-refractivity contribution >= 4 is 10.8 Å². The van der Waals surface area contributed by atoms with E-state index in [4.69, 9.17) is 4.74 Å². The minimum atomic E-state index is 0. The van der Waals surface area contributed by atoms with Gasteiger partial charge in [-0.2, -0.15) is 6.07 Å². The van der Waals surface area contributed by atoms with Crippen LogP contribution in [0.4, 0.5) is 0 Å². The molecule has 3 aromatic carbocycles. The summed E-state index contributed by atoms with van der Waals surface area (Å²) >= 11 is 0. The Bertz CT molecular complexity index is 807. The van der Waals surface area contributed by atoms with Crippen molar-refractivity contribution in [3.8, 4) is 16.9 Å². The second-order valence-electron chi connectivity index (χ2n) is 6.98. The van der Waals surface area contributed by atoms with Crippen LogP contribution in [0.2, 0.25) is 0 Å². The fraction of sp³-hybridized carbons (Fsp3) is 0.286. The average molecular weight is 383 g/mol. The van der Waals surface area contributed by atoms with Gasteiger partial charge in [0, 0.05) is 26.2 Å². The Morgan fingerprint density at radius 3 is 2.22 bits per heavy atom. The number of hydrogen-bond acceptors (Lipinski definition) is 1. The van der Waals surface area contributed by atoms with E-state index in [1.807, 2.05) is 0 Å². The fourth-order valence-corrected chi connectivity index (χ4v) is 3.15. The monoisotopic (exact) mass is 381 g/mol. The van der Waals surface area contributed by atoms with E-state index in [-0.39, 0.29) is 31.6 Å². The van der Waals surface area contributed by atoms with E-state index in [1.54, 1.807) is 7.11 Å². The number of aryl methyl sites for hydroxylation is 1. The van der Waals surface area contributed by atoms with E-state index in [1.165, 1.54) is 33.0 Å². The summed E-state index contributed by atoms with van der Waals surface area (Å²) in [5, 5.41) is 2.57. The van der Waals surface area contributed by atoms with Gasteiger partial charge in [-0.05, 0) is 22.1 Å². The molecule has 0 heterocycles. The molecule has 0 saturated heterocycles. The van der Waals surface area contributed by atoms with E-state index in [9.17, 15) is 0 Å². The minimum absolute atomic E-state index is 0. The van der Waals surface area contributed by atoms with Crippen LogP contribution >= 0.6 is 0 Å². The first-order chi connectivity index (χ1) is 10.4. The summed E-state index contributed by atoms with van der Waals surface area (Å²) < 4.78 is 5.87. The van der Waals surface area contributed by atoms with Gasteiger partial charge in [0.25, 0.3) is 0 Å². The van der Waals surface area contributed by atoms with Crippen LogP contribution in [0.3, 0.4) is 0 Å². The Labute approximate surface area is 158 Å². The van der Waals surface area contributed by atoms with Crippen LogP contribution in [0.1, 0.15) is 31.9 Å². The Morgan fingerprint density at radius 2 is 1.65 bits per heavy atom. The topological polar surface area (TPSA) is 9.23 Å². The second kappa shape index (κ2) is 6.69. The summed E-state index contributed by atoms with van der Waals surface area (Å²) in [5.74, 6) is 0.997. The normalized spacial score (nSPS) is 11.3. The number of benzene rings is 2. The smallest absolute Gasteiger partial charge is 0.111 e. The Balaban J connectivity index is 0.00000192. The van der Waals surface area contributed by atoms with Gasteiger partial charge >= 0.3 is 0 Å². The van der Waals surface area contributed by atoms with Crippen LogP contribution < -0.4 is 4.74 Å². The summed E-state index contributed by atoms with van der Waals surface area (Å²) in [5.41, 5.74) is 5.00. The molecule has 0 N–H and O–H groups in total. The molecule has 0 aromatic heterocycles. The van der Waals surface area contributed by atoms with Crippen LogP contribution in [-0.4, -0.2) is 7.11 Å². The van der Waals surface area contributed by atoms with Gasteiger partial charge < -0.3 is 4.74 Å². The molecule has 1 nitrogen and oxygen atoms in total. The molecule has 0 amide bonds. The molecule has 0 radical (unpaired) electrons. The number of rotatable bonds is 2. The summed E-state index contributed by atoms with van der Waals surface area (Å²) in [6, 6.07) is 17.3. The van der Waals surface area contributed by atoms with Crippen molar-refractivity contribution in [1.29, 1.82) is 0 Å². The Morgan fingerprint density at radius 1 is 1.00 bits per heavy atom. The first kappa shape index (κ1) is 18.1. The van der Waals surface area contributed by atoms with E-state index in [0.717, 1.165) is 5.75 Å². The minimum Gasteiger partial charge on any atom is -0.498 e. The third-order valence-electron chi connectivity index (χ3n) is 4.18. The van der Waals surface area contributed by atoms with Gasteiger partial charge in [-0.3, -0.25) is 0 Å². The first-order valence-corrected chi connectivity index (χ1v) is 7.76. The standard InChI is InChI=1S/C21H23O.Zr/c1-14-11-16-13-18(21(2,3)4)20(22-5)19(17(16)12-14)15-9-7-6-8-10-15;/h6-13H,1-5H3;/q-1;. The van der Waals surface area contributed by atoms with Gasteiger partial charge in [-0.15, -0.1) is 28.5 Å². The number of fused-ring (bicyclic) bond motifs is 1. The van der Waals surface area contributed by atoms with Crippen LogP contribution in [0.25, 0.3) is 21.9 Å². The maximum atomic E-state index is 5.87. The molecule has 3 aromatic rings. The molecular weight excluding hydrogens is 359 g/mol. The molecule has 0 spiro atoms. The van der Waals surface area contributed by atoms with Crippen LogP contribution in [-0.2, 0) is 31.6 Å². The van der Waals surface area contributed by atoms with Gasteiger partial charge in [0.05, 0.1) is 7.11 Å². The number of methoxy groups -OCH3 is 1. The third-order valence-corrected chi connectivity index (χ3v) is 4.18. The van der Waals surface area contributed by atoms with Crippen molar-refractivity contribution < 1.29 is 30.9 Å². The van der Waals surface area contributed by atoms with Gasteiger partial charge in [0.15, 0.2) is 0 Å². The molecule has 0 atom stereocenters. The summed E-state index contributed by atoms with van der Waals surface area (Å²) in [6.45, 7) is 8.86. The summed E-state index contributed by atoms with van der Waals surface area (Å²) in [7, 11) is 1.78. The first-order valence-electron chi connectivity index (χ1n) is 7.76. The maximum absolute atomic E-state index is 5.87. The van der Waals surface area contributed by atoms with Crippen molar-refractivity contribution in [2.75, 3.05) is 7.11 Å².